The van der Waals surface area contributed by atoms with Gasteiger partial charge in [-0.25, -0.2) is 9.59 Å². The molecule has 1 heterocycles. The van der Waals surface area contributed by atoms with Gasteiger partial charge in [-0.1, -0.05) is 0 Å². The van der Waals surface area contributed by atoms with Crippen LogP contribution in [0.15, 0.2) is 15.2 Å². The zero-order valence-corrected chi connectivity index (χ0v) is 12.9. The molecule has 0 unspecified atom stereocenters. The van der Waals surface area contributed by atoms with Crippen LogP contribution >= 0.6 is 27.3 Å². The van der Waals surface area contributed by atoms with E-state index in [0.29, 0.717) is 6.54 Å². The number of urea groups is 1. The number of rotatable bonds is 5. The molecule has 0 spiro atoms. The molecule has 8 heteroatoms. The molecule has 2 amide bonds. The molecule has 0 bridgehead atoms. The molecule has 1 aromatic rings. The quantitative estimate of drug-likeness (QED) is 0.750. The molecular weight excluding hydrogens is 336 g/mol. The molecule has 106 valence electrons. The number of halogens is 1. The normalized spacial score (nSPS) is 13.7. The van der Waals surface area contributed by atoms with Gasteiger partial charge < -0.3 is 20.4 Å². The number of nitrogens with zero attached hydrogens (tertiary/aromatic N) is 1. The second-order valence-electron chi connectivity index (χ2n) is 4.12. The van der Waals surface area contributed by atoms with Crippen molar-refractivity contribution in [2.45, 2.75) is 25.6 Å². The molecule has 0 aliphatic rings. The lowest BCUT2D eigenvalue weighted by Crippen LogP contribution is -2.51. The number of amides is 2. The standard InChI is InChI=1S/C11H15BrN2O4S/c1-6(15)9(10(16)17)13-11(18)14(2)4-7-3-8(12)19-5-7/h3,5-6,9,15H,4H2,1-2H3,(H,13,18)(H,16,17)/t6-,9+/m1/s1. The molecule has 2 atom stereocenters. The van der Waals surface area contributed by atoms with Crippen LogP contribution in [0.5, 0.6) is 0 Å². The first-order valence-electron chi connectivity index (χ1n) is 5.46. The van der Waals surface area contributed by atoms with E-state index in [1.165, 1.54) is 23.2 Å². The van der Waals surface area contributed by atoms with Gasteiger partial charge in [0.25, 0.3) is 0 Å². The lowest BCUT2D eigenvalue weighted by Gasteiger charge is -2.22. The SMILES string of the molecule is C[C@@H](O)[C@H](NC(=O)N(C)Cc1csc(Br)c1)C(=O)O. The van der Waals surface area contributed by atoms with Crippen molar-refractivity contribution in [3.63, 3.8) is 0 Å². The first-order valence-corrected chi connectivity index (χ1v) is 7.14. The van der Waals surface area contributed by atoms with Crippen LogP contribution in [0.4, 0.5) is 4.79 Å². The first kappa shape index (κ1) is 15.9. The van der Waals surface area contributed by atoms with Gasteiger partial charge in [-0.15, -0.1) is 11.3 Å². The van der Waals surface area contributed by atoms with Crippen molar-refractivity contribution in [1.82, 2.24) is 10.2 Å². The van der Waals surface area contributed by atoms with Crippen LogP contribution in [0.25, 0.3) is 0 Å². The molecule has 0 saturated carbocycles. The van der Waals surface area contributed by atoms with Crippen molar-refractivity contribution in [1.29, 1.82) is 0 Å². The molecule has 0 aliphatic carbocycles. The summed E-state index contributed by atoms with van der Waals surface area (Å²) in [6.07, 6.45) is -1.16. The van der Waals surface area contributed by atoms with Gasteiger partial charge in [-0.3, -0.25) is 0 Å². The Labute approximate surface area is 123 Å². The molecule has 19 heavy (non-hydrogen) atoms. The van der Waals surface area contributed by atoms with E-state index in [-0.39, 0.29) is 0 Å². The van der Waals surface area contributed by atoms with E-state index in [0.717, 1.165) is 9.35 Å². The summed E-state index contributed by atoms with van der Waals surface area (Å²) in [5.41, 5.74) is 0.943. The maximum absolute atomic E-state index is 11.8. The lowest BCUT2D eigenvalue weighted by atomic mass is 10.2. The Morgan fingerprint density at radius 3 is 2.63 bits per heavy atom. The number of carbonyl (C=O) groups excluding carboxylic acids is 1. The highest BCUT2D eigenvalue weighted by molar-refractivity contribution is 9.11. The monoisotopic (exact) mass is 350 g/mol. The summed E-state index contributed by atoms with van der Waals surface area (Å²) in [5.74, 6) is -1.27. The second-order valence-corrected chi connectivity index (χ2v) is 6.41. The molecule has 0 fully saturated rings. The van der Waals surface area contributed by atoms with Gasteiger partial charge in [0.1, 0.15) is 0 Å². The van der Waals surface area contributed by atoms with Gasteiger partial charge in [-0.05, 0) is 39.9 Å². The Morgan fingerprint density at radius 2 is 2.21 bits per heavy atom. The number of carboxylic acid groups (broad SMARTS) is 1. The van der Waals surface area contributed by atoms with E-state index < -0.39 is 24.1 Å². The minimum atomic E-state index is -1.32. The Kier molecular flexibility index (Phi) is 5.77. The first-order chi connectivity index (χ1) is 8.81. The molecule has 1 rings (SSSR count). The topological polar surface area (TPSA) is 89.9 Å². The summed E-state index contributed by atoms with van der Waals surface area (Å²) in [6.45, 7) is 1.68. The highest BCUT2D eigenvalue weighted by Crippen LogP contribution is 2.21. The third-order valence-corrected chi connectivity index (χ3v) is 3.97. The van der Waals surface area contributed by atoms with Gasteiger partial charge in [0.2, 0.25) is 0 Å². The zero-order chi connectivity index (χ0) is 14.6. The van der Waals surface area contributed by atoms with Crippen LogP contribution in [-0.2, 0) is 11.3 Å². The van der Waals surface area contributed by atoms with E-state index in [2.05, 4.69) is 21.2 Å². The van der Waals surface area contributed by atoms with E-state index >= 15 is 0 Å². The van der Waals surface area contributed by atoms with Crippen LogP contribution in [0.2, 0.25) is 0 Å². The second kappa shape index (κ2) is 6.88. The number of nitrogens with one attached hydrogen (secondary N) is 1. The van der Waals surface area contributed by atoms with Crippen molar-refractivity contribution in [2.24, 2.45) is 0 Å². The maximum atomic E-state index is 11.8. The van der Waals surface area contributed by atoms with Crippen LogP contribution in [0.3, 0.4) is 0 Å². The summed E-state index contributed by atoms with van der Waals surface area (Å²) in [5, 5.41) is 22.3. The molecular formula is C11H15BrN2O4S. The fraction of sp³-hybridized carbons (Fsp3) is 0.455. The molecule has 0 radical (unpaired) electrons. The number of thiophene rings is 1. The Bertz CT molecular complexity index is 463. The number of carboxylic acids is 1. The molecule has 6 nitrogen and oxygen atoms in total. The Hall–Kier alpha value is -1.12. The number of carbonyl (C=O) groups is 2. The summed E-state index contributed by atoms with van der Waals surface area (Å²) in [6, 6.07) is 0.0254. The number of aliphatic carboxylic acids is 1. The van der Waals surface area contributed by atoms with Crippen molar-refractivity contribution in [2.75, 3.05) is 7.05 Å². The predicted molar refractivity (Wildman–Crippen MR) is 75.1 cm³/mol. The van der Waals surface area contributed by atoms with Crippen molar-refractivity contribution in [3.05, 3.63) is 20.8 Å². The molecule has 0 aromatic carbocycles. The molecule has 0 saturated heterocycles. The van der Waals surface area contributed by atoms with Crippen molar-refractivity contribution in [3.8, 4) is 0 Å². The van der Waals surface area contributed by atoms with Gasteiger partial charge >= 0.3 is 12.0 Å². The van der Waals surface area contributed by atoms with Crippen molar-refractivity contribution >= 4 is 39.3 Å². The van der Waals surface area contributed by atoms with Crippen LogP contribution in [0, 0.1) is 0 Å². The third kappa shape index (κ3) is 4.81. The highest BCUT2D eigenvalue weighted by Gasteiger charge is 2.26. The fourth-order valence-corrected chi connectivity index (χ4v) is 2.61. The van der Waals surface area contributed by atoms with E-state index in [9.17, 15) is 14.7 Å². The number of hydrogen-bond acceptors (Lipinski definition) is 4. The third-order valence-electron chi connectivity index (χ3n) is 2.42. The summed E-state index contributed by atoms with van der Waals surface area (Å²) in [7, 11) is 1.56. The zero-order valence-electron chi connectivity index (χ0n) is 10.5. The van der Waals surface area contributed by atoms with Crippen LogP contribution in [-0.4, -0.2) is 46.3 Å². The smallest absolute Gasteiger partial charge is 0.328 e. The number of aliphatic hydroxyl groups excluding tert-OH is 1. The highest BCUT2D eigenvalue weighted by atomic mass is 79.9. The summed E-state index contributed by atoms with van der Waals surface area (Å²) < 4.78 is 0.962. The van der Waals surface area contributed by atoms with Gasteiger partial charge in [0.15, 0.2) is 6.04 Å². The molecule has 3 N–H and O–H groups in total. The van der Waals surface area contributed by atoms with E-state index in [1.54, 1.807) is 7.05 Å². The maximum Gasteiger partial charge on any atom is 0.328 e. The fourth-order valence-electron chi connectivity index (χ4n) is 1.41. The summed E-state index contributed by atoms with van der Waals surface area (Å²) in [4.78, 5) is 24.0. The molecule has 1 aromatic heterocycles. The number of aliphatic hydroxyl groups is 1. The largest absolute Gasteiger partial charge is 0.480 e. The minimum absolute atomic E-state index is 0.361. The lowest BCUT2D eigenvalue weighted by molar-refractivity contribution is -0.141. The van der Waals surface area contributed by atoms with E-state index in [4.69, 9.17) is 5.11 Å². The van der Waals surface area contributed by atoms with Gasteiger partial charge in [-0.2, -0.15) is 0 Å². The average Bonchev–Trinajstić information content (AvgIpc) is 2.70. The molecule has 0 aliphatic heterocycles. The Morgan fingerprint density at radius 1 is 1.58 bits per heavy atom. The van der Waals surface area contributed by atoms with Crippen LogP contribution < -0.4 is 5.32 Å². The minimum Gasteiger partial charge on any atom is -0.480 e. The Balaban J connectivity index is 2.59. The predicted octanol–water partition coefficient (Wildman–Crippen LogP) is 1.49. The van der Waals surface area contributed by atoms with Gasteiger partial charge in [0, 0.05) is 13.6 Å². The van der Waals surface area contributed by atoms with Crippen molar-refractivity contribution < 1.29 is 19.8 Å². The van der Waals surface area contributed by atoms with E-state index in [1.807, 2.05) is 11.4 Å². The summed E-state index contributed by atoms with van der Waals surface area (Å²) >= 11 is 4.83. The van der Waals surface area contributed by atoms with Gasteiger partial charge in [0.05, 0.1) is 9.89 Å². The number of hydrogen-bond donors (Lipinski definition) is 3. The average molecular weight is 351 g/mol. The van der Waals surface area contributed by atoms with Crippen LogP contribution in [0.1, 0.15) is 12.5 Å².